The van der Waals surface area contributed by atoms with Gasteiger partial charge < -0.3 is 5.11 Å². The van der Waals surface area contributed by atoms with Crippen LogP contribution < -0.4 is 0 Å². The van der Waals surface area contributed by atoms with Crippen LogP contribution in [0.1, 0.15) is 11.1 Å². The lowest BCUT2D eigenvalue weighted by molar-refractivity contribution is -0.114. The average Bonchev–Trinajstić information content (AvgIpc) is 2.04. The Morgan fingerprint density at radius 1 is 1.33 bits per heavy atom. The highest BCUT2D eigenvalue weighted by Crippen LogP contribution is 2.09. The number of Topliss-reactive ketones (excluding diaryl/α,β-unsaturated/α-hetero) is 1. The molecule has 1 rings (SSSR count). The molecule has 0 saturated carbocycles. The highest BCUT2D eigenvalue weighted by molar-refractivity contribution is 5.84. The van der Waals surface area contributed by atoms with Crippen LogP contribution in [0.5, 0.6) is 0 Å². The van der Waals surface area contributed by atoms with Crippen molar-refractivity contribution < 1.29 is 9.90 Å². The van der Waals surface area contributed by atoms with E-state index in [4.69, 9.17) is 12.0 Å². The van der Waals surface area contributed by atoms with Crippen LogP contribution in [0.15, 0.2) is 24.3 Å². The predicted octanol–water partition coefficient (Wildman–Crippen LogP) is 1.00. The van der Waals surface area contributed by atoms with Gasteiger partial charge in [-0.15, -0.1) is 0 Å². The summed E-state index contributed by atoms with van der Waals surface area (Å²) in [4.78, 5) is 10.6. The molecule has 0 aliphatic carbocycles. The summed E-state index contributed by atoms with van der Waals surface area (Å²) in [5.74, 6) is -0.379. The molecule has 0 saturated heterocycles. The molecule has 0 amide bonds. The molecule has 0 bridgehead atoms. The molecule has 0 fully saturated rings. The van der Waals surface area contributed by atoms with Crippen molar-refractivity contribution >= 4 is 5.78 Å². The van der Waals surface area contributed by atoms with E-state index < -0.39 is 0 Å². The zero-order valence-corrected chi connectivity index (χ0v) is 6.66. The summed E-state index contributed by atoms with van der Waals surface area (Å²) in [6.45, 7) is 4.98. The summed E-state index contributed by atoms with van der Waals surface area (Å²) < 4.78 is 0. The normalized spacial score (nSPS) is 9.83. The fourth-order valence-corrected chi connectivity index (χ4v) is 1.07. The second-order valence-electron chi connectivity index (χ2n) is 2.57. The van der Waals surface area contributed by atoms with Crippen molar-refractivity contribution in [1.29, 1.82) is 0 Å². The van der Waals surface area contributed by atoms with Crippen LogP contribution in [-0.4, -0.2) is 10.9 Å². The predicted molar refractivity (Wildman–Crippen MR) is 45.4 cm³/mol. The van der Waals surface area contributed by atoms with E-state index in [0.717, 1.165) is 11.1 Å². The van der Waals surface area contributed by atoms with Gasteiger partial charge in [-0.2, -0.15) is 0 Å². The van der Waals surface area contributed by atoms with E-state index in [1.165, 1.54) is 0 Å². The van der Waals surface area contributed by atoms with Crippen LogP contribution in [0.3, 0.4) is 0 Å². The Morgan fingerprint density at radius 2 is 1.92 bits per heavy atom. The SMILES string of the molecule is [CH]C(=O)Cc1ccccc1CO. The summed E-state index contributed by atoms with van der Waals surface area (Å²) in [5.41, 5.74) is 1.56. The number of hydrogen-bond donors (Lipinski definition) is 1. The summed E-state index contributed by atoms with van der Waals surface area (Å²) in [6.07, 6.45) is 0.191. The molecular formula is C10H10O2. The Balaban J connectivity index is 2.89. The van der Waals surface area contributed by atoms with Gasteiger partial charge in [0.15, 0.2) is 0 Å². The molecule has 1 aromatic rings. The molecule has 2 nitrogen and oxygen atoms in total. The van der Waals surface area contributed by atoms with Gasteiger partial charge in [-0.1, -0.05) is 24.3 Å². The van der Waals surface area contributed by atoms with Gasteiger partial charge in [0, 0.05) is 13.3 Å². The maximum atomic E-state index is 10.6. The highest BCUT2D eigenvalue weighted by atomic mass is 16.3. The lowest BCUT2D eigenvalue weighted by atomic mass is 10.0. The number of benzene rings is 1. The van der Waals surface area contributed by atoms with Crippen molar-refractivity contribution in [1.82, 2.24) is 0 Å². The molecular weight excluding hydrogens is 152 g/mol. The number of ketones is 1. The van der Waals surface area contributed by atoms with Gasteiger partial charge in [-0.3, -0.25) is 4.79 Å². The van der Waals surface area contributed by atoms with Gasteiger partial charge in [0.25, 0.3) is 0 Å². The van der Waals surface area contributed by atoms with Crippen LogP contribution in [0.4, 0.5) is 0 Å². The van der Waals surface area contributed by atoms with Gasteiger partial charge in [-0.25, -0.2) is 0 Å². The number of carbonyl (C=O) groups is 1. The zero-order chi connectivity index (χ0) is 8.97. The molecule has 2 heteroatoms. The molecule has 1 aromatic carbocycles. The fourth-order valence-electron chi connectivity index (χ4n) is 1.07. The number of aliphatic hydroxyl groups is 1. The van der Waals surface area contributed by atoms with Crippen molar-refractivity contribution in [3.63, 3.8) is 0 Å². The van der Waals surface area contributed by atoms with Crippen molar-refractivity contribution in [3.8, 4) is 0 Å². The first-order valence-corrected chi connectivity index (χ1v) is 3.70. The molecule has 62 valence electrons. The summed E-state index contributed by atoms with van der Waals surface area (Å²) >= 11 is 0. The first-order chi connectivity index (χ1) is 5.74. The van der Waals surface area contributed by atoms with Crippen molar-refractivity contribution in [3.05, 3.63) is 42.3 Å². The summed E-state index contributed by atoms with van der Waals surface area (Å²) in [7, 11) is 0. The van der Waals surface area contributed by atoms with Crippen molar-refractivity contribution in [2.24, 2.45) is 0 Å². The number of aliphatic hydroxyl groups excluding tert-OH is 1. The third kappa shape index (κ3) is 2.17. The Hall–Kier alpha value is -1.15. The third-order valence-electron chi connectivity index (χ3n) is 1.65. The first-order valence-electron chi connectivity index (χ1n) is 3.70. The fraction of sp³-hybridized carbons (Fsp3) is 0.200. The van der Waals surface area contributed by atoms with E-state index in [2.05, 4.69) is 0 Å². The molecule has 0 aliphatic rings. The van der Waals surface area contributed by atoms with Crippen LogP contribution in [0.25, 0.3) is 0 Å². The Morgan fingerprint density at radius 3 is 2.42 bits per heavy atom. The first kappa shape index (κ1) is 8.94. The topological polar surface area (TPSA) is 37.3 Å². The minimum absolute atomic E-state index is 0.0521. The lowest BCUT2D eigenvalue weighted by Gasteiger charge is -2.03. The van der Waals surface area contributed by atoms with E-state index in [9.17, 15) is 4.79 Å². The zero-order valence-electron chi connectivity index (χ0n) is 6.66. The van der Waals surface area contributed by atoms with E-state index in [1.807, 2.05) is 12.1 Å². The van der Waals surface area contributed by atoms with Gasteiger partial charge in [0.05, 0.1) is 6.61 Å². The third-order valence-corrected chi connectivity index (χ3v) is 1.65. The molecule has 0 atom stereocenters. The second-order valence-corrected chi connectivity index (χ2v) is 2.57. The Bertz CT molecular complexity index is 279. The maximum Gasteiger partial charge on any atom is 0.141 e. The van der Waals surface area contributed by atoms with E-state index in [-0.39, 0.29) is 18.8 Å². The Labute approximate surface area is 71.8 Å². The summed E-state index contributed by atoms with van der Waals surface area (Å²) in [6, 6.07) is 7.20. The molecule has 0 aromatic heterocycles. The number of hydrogen-bond acceptors (Lipinski definition) is 2. The molecule has 0 spiro atoms. The number of carbonyl (C=O) groups excluding carboxylic acids is 1. The van der Waals surface area contributed by atoms with E-state index in [0.29, 0.717) is 0 Å². The molecule has 0 heterocycles. The van der Waals surface area contributed by atoms with Gasteiger partial charge in [0.2, 0.25) is 0 Å². The minimum Gasteiger partial charge on any atom is -0.392 e. The monoisotopic (exact) mass is 162 g/mol. The van der Waals surface area contributed by atoms with Crippen LogP contribution in [0, 0.1) is 6.92 Å². The second kappa shape index (κ2) is 4.02. The van der Waals surface area contributed by atoms with E-state index >= 15 is 0 Å². The molecule has 0 aliphatic heterocycles. The van der Waals surface area contributed by atoms with Gasteiger partial charge in [0.1, 0.15) is 5.78 Å². The van der Waals surface area contributed by atoms with Gasteiger partial charge in [-0.05, 0) is 11.1 Å². The van der Waals surface area contributed by atoms with Crippen LogP contribution in [-0.2, 0) is 17.8 Å². The van der Waals surface area contributed by atoms with Crippen LogP contribution >= 0.6 is 0 Å². The standard InChI is InChI=1S/C10H10O2/c1-8(12)6-9-4-2-3-5-10(9)7-11/h1-5,11H,6-7H2. The van der Waals surface area contributed by atoms with Gasteiger partial charge >= 0.3 is 0 Å². The highest BCUT2D eigenvalue weighted by Gasteiger charge is 2.02. The lowest BCUT2D eigenvalue weighted by Crippen LogP contribution is -2.00. The summed E-state index contributed by atoms with van der Waals surface area (Å²) in [5, 5.41) is 8.88. The molecule has 2 radical (unpaired) electrons. The van der Waals surface area contributed by atoms with Crippen molar-refractivity contribution in [2.45, 2.75) is 13.0 Å². The average molecular weight is 162 g/mol. The van der Waals surface area contributed by atoms with E-state index in [1.54, 1.807) is 12.1 Å². The Kier molecular flexibility index (Phi) is 3.00. The van der Waals surface area contributed by atoms with Crippen molar-refractivity contribution in [2.75, 3.05) is 0 Å². The molecule has 12 heavy (non-hydrogen) atoms. The number of rotatable bonds is 3. The largest absolute Gasteiger partial charge is 0.392 e. The molecule has 0 unspecified atom stereocenters. The quantitative estimate of drug-likeness (QED) is 0.720. The smallest absolute Gasteiger partial charge is 0.141 e. The minimum atomic E-state index is -0.379. The molecule has 1 N–H and O–H groups in total. The van der Waals surface area contributed by atoms with Crippen LogP contribution in [0.2, 0.25) is 0 Å². The maximum absolute atomic E-state index is 10.6.